The van der Waals surface area contributed by atoms with Gasteiger partial charge in [0.25, 0.3) is 5.91 Å². The van der Waals surface area contributed by atoms with Gasteiger partial charge in [0.1, 0.15) is 5.82 Å². The molecule has 0 radical (unpaired) electrons. The normalized spacial score (nSPS) is 10.7. The summed E-state index contributed by atoms with van der Waals surface area (Å²) in [5, 5.41) is 6.30. The Kier molecular flexibility index (Phi) is 5.66. The molecule has 0 saturated carbocycles. The summed E-state index contributed by atoms with van der Waals surface area (Å²) in [5.41, 5.74) is 1.93. The van der Waals surface area contributed by atoms with Crippen LogP contribution < -0.4 is 5.32 Å². The van der Waals surface area contributed by atoms with Crippen LogP contribution in [-0.4, -0.2) is 18.7 Å². The molecule has 2 aromatic carbocycles. The Balaban J connectivity index is 1.84. The van der Waals surface area contributed by atoms with E-state index in [1.165, 1.54) is 12.3 Å². The van der Waals surface area contributed by atoms with Crippen molar-refractivity contribution in [3.8, 4) is 0 Å². The van der Waals surface area contributed by atoms with Crippen molar-refractivity contribution in [2.75, 3.05) is 11.9 Å². The van der Waals surface area contributed by atoms with E-state index < -0.39 is 5.82 Å². The Morgan fingerprint density at radius 3 is 2.86 bits per heavy atom. The van der Waals surface area contributed by atoms with Crippen molar-refractivity contribution in [2.24, 2.45) is 5.16 Å². The summed E-state index contributed by atoms with van der Waals surface area (Å²) in [7, 11) is 0. The molecule has 0 saturated heterocycles. The SMILES string of the molecule is Cc1cc(Br)ccc1NC(=O)CO/N=C\c1ccccc1F. The maximum Gasteiger partial charge on any atom is 0.265 e. The number of aryl methyl sites for hydroxylation is 1. The minimum Gasteiger partial charge on any atom is -0.386 e. The van der Waals surface area contributed by atoms with Crippen LogP contribution in [0.3, 0.4) is 0 Å². The van der Waals surface area contributed by atoms with Gasteiger partial charge in [0.05, 0.1) is 6.21 Å². The molecular weight excluding hydrogens is 351 g/mol. The number of carbonyl (C=O) groups excluding carboxylic acids is 1. The molecule has 0 atom stereocenters. The standard InChI is InChI=1S/C16H14BrFN2O2/c1-11-8-13(17)6-7-15(11)20-16(21)10-22-19-9-12-4-2-3-5-14(12)18/h2-9H,10H2,1H3,(H,20,21)/b19-9-. The molecule has 0 aliphatic carbocycles. The molecule has 1 N–H and O–H groups in total. The van der Waals surface area contributed by atoms with Gasteiger partial charge in [0.2, 0.25) is 0 Å². The molecule has 0 aliphatic rings. The highest BCUT2D eigenvalue weighted by molar-refractivity contribution is 9.10. The molecule has 0 heterocycles. The minimum absolute atomic E-state index is 0.250. The highest BCUT2D eigenvalue weighted by Gasteiger charge is 2.05. The number of carbonyl (C=O) groups is 1. The van der Waals surface area contributed by atoms with Crippen LogP contribution in [0.25, 0.3) is 0 Å². The first-order valence-corrected chi connectivity index (χ1v) is 7.31. The quantitative estimate of drug-likeness (QED) is 0.646. The number of hydrogen-bond donors (Lipinski definition) is 1. The van der Waals surface area contributed by atoms with Crippen LogP contribution in [0.15, 0.2) is 52.1 Å². The smallest absolute Gasteiger partial charge is 0.265 e. The van der Waals surface area contributed by atoms with Crippen LogP contribution >= 0.6 is 15.9 Å². The highest BCUT2D eigenvalue weighted by Crippen LogP contribution is 2.19. The van der Waals surface area contributed by atoms with Gasteiger partial charge < -0.3 is 10.2 Å². The largest absolute Gasteiger partial charge is 0.386 e. The third-order valence-electron chi connectivity index (χ3n) is 2.83. The molecule has 2 aromatic rings. The second kappa shape index (κ2) is 7.70. The molecule has 4 nitrogen and oxygen atoms in total. The summed E-state index contributed by atoms with van der Waals surface area (Å²) in [6.07, 6.45) is 1.23. The number of amides is 1. The van der Waals surface area contributed by atoms with Crippen LogP contribution in [-0.2, 0) is 9.63 Å². The number of halogens is 2. The van der Waals surface area contributed by atoms with Gasteiger partial charge >= 0.3 is 0 Å². The number of nitrogens with zero attached hydrogens (tertiary/aromatic N) is 1. The van der Waals surface area contributed by atoms with E-state index in [9.17, 15) is 9.18 Å². The average molecular weight is 365 g/mol. The predicted octanol–water partition coefficient (Wildman–Crippen LogP) is 3.89. The number of oxime groups is 1. The lowest BCUT2D eigenvalue weighted by molar-refractivity contribution is -0.120. The maximum atomic E-state index is 13.3. The molecule has 0 aliphatic heterocycles. The third-order valence-corrected chi connectivity index (χ3v) is 3.32. The van der Waals surface area contributed by atoms with Gasteiger partial charge in [-0.15, -0.1) is 0 Å². The Labute approximate surface area is 136 Å². The Morgan fingerprint density at radius 1 is 1.36 bits per heavy atom. The van der Waals surface area contributed by atoms with E-state index in [-0.39, 0.29) is 12.5 Å². The zero-order valence-corrected chi connectivity index (χ0v) is 13.4. The second-order valence-electron chi connectivity index (χ2n) is 4.54. The van der Waals surface area contributed by atoms with Crippen molar-refractivity contribution in [1.82, 2.24) is 0 Å². The predicted molar refractivity (Wildman–Crippen MR) is 87.5 cm³/mol. The van der Waals surface area contributed by atoms with Crippen molar-refractivity contribution in [2.45, 2.75) is 6.92 Å². The van der Waals surface area contributed by atoms with E-state index in [1.54, 1.807) is 24.3 Å². The van der Waals surface area contributed by atoms with Crippen LogP contribution in [0.2, 0.25) is 0 Å². The first-order valence-electron chi connectivity index (χ1n) is 6.52. The molecule has 6 heteroatoms. The fourth-order valence-corrected chi connectivity index (χ4v) is 2.20. The number of anilines is 1. The Hall–Kier alpha value is -2.21. The molecule has 22 heavy (non-hydrogen) atoms. The van der Waals surface area contributed by atoms with Gasteiger partial charge in [-0.25, -0.2) is 4.39 Å². The molecular formula is C16H14BrFN2O2. The molecule has 2 rings (SSSR count). The first-order chi connectivity index (χ1) is 10.6. The van der Waals surface area contributed by atoms with Gasteiger partial charge in [0, 0.05) is 15.7 Å². The molecule has 0 aromatic heterocycles. The van der Waals surface area contributed by atoms with E-state index in [0.29, 0.717) is 11.3 Å². The fraction of sp³-hybridized carbons (Fsp3) is 0.125. The minimum atomic E-state index is -0.398. The van der Waals surface area contributed by atoms with E-state index >= 15 is 0 Å². The van der Waals surface area contributed by atoms with Crippen LogP contribution in [0.1, 0.15) is 11.1 Å². The molecule has 0 fully saturated rings. The van der Waals surface area contributed by atoms with Gasteiger partial charge in [-0.1, -0.05) is 39.3 Å². The third kappa shape index (κ3) is 4.66. The van der Waals surface area contributed by atoms with E-state index in [1.807, 2.05) is 19.1 Å². The summed E-state index contributed by atoms with van der Waals surface area (Å²) in [4.78, 5) is 16.6. The molecule has 1 amide bonds. The van der Waals surface area contributed by atoms with Crippen LogP contribution in [0, 0.1) is 12.7 Å². The van der Waals surface area contributed by atoms with Crippen molar-refractivity contribution in [3.63, 3.8) is 0 Å². The van der Waals surface area contributed by atoms with Crippen molar-refractivity contribution in [3.05, 3.63) is 63.9 Å². The Morgan fingerprint density at radius 2 is 2.14 bits per heavy atom. The van der Waals surface area contributed by atoms with E-state index in [4.69, 9.17) is 4.84 Å². The van der Waals surface area contributed by atoms with E-state index in [2.05, 4.69) is 26.4 Å². The summed E-state index contributed by atoms with van der Waals surface area (Å²) in [5.74, 6) is -0.735. The molecule has 0 unspecified atom stereocenters. The first kappa shape index (κ1) is 16.2. The average Bonchev–Trinajstić information content (AvgIpc) is 2.48. The van der Waals surface area contributed by atoms with Gasteiger partial charge in [-0.2, -0.15) is 0 Å². The number of benzene rings is 2. The Bertz CT molecular complexity index is 704. The lowest BCUT2D eigenvalue weighted by Gasteiger charge is -2.07. The van der Waals surface area contributed by atoms with Crippen molar-refractivity contribution < 1.29 is 14.0 Å². The number of rotatable bonds is 5. The summed E-state index contributed by atoms with van der Waals surface area (Å²) >= 11 is 3.35. The van der Waals surface area contributed by atoms with Crippen LogP contribution in [0.4, 0.5) is 10.1 Å². The monoisotopic (exact) mass is 364 g/mol. The maximum absolute atomic E-state index is 13.3. The summed E-state index contributed by atoms with van der Waals surface area (Å²) < 4.78 is 14.2. The summed E-state index contributed by atoms with van der Waals surface area (Å²) in [6, 6.07) is 11.7. The molecule has 0 spiro atoms. The topological polar surface area (TPSA) is 50.7 Å². The summed E-state index contributed by atoms with van der Waals surface area (Å²) in [6.45, 7) is 1.64. The second-order valence-corrected chi connectivity index (χ2v) is 5.45. The van der Waals surface area contributed by atoms with Gasteiger partial charge in [-0.3, -0.25) is 4.79 Å². The highest BCUT2D eigenvalue weighted by atomic mass is 79.9. The van der Waals surface area contributed by atoms with Crippen molar-refractivity contribution >= 4 is 33.7 Å². The van der Waals surface area contributed by atoms with Gasteiger partial charge in [-0.05, 0) is 36.8 Å². The van der Waals surface area contributed by atoms with E-state index in [0.717, 1.165) is 10.0 Å². The van der Waals surface area contributed by atoms with Crippen molar-refractivity contribution in [1.29, 1.82) is 0 Å². The number of hydrogen-bond acceptors (Lipinski definition) is 3. The zero-order chi connectivity index (χ0) is 15.9. The number of nitrogens with one attached hydrogen (secondary N) is 1. The lowest BCUT2D eigenvalue weighted by Crippen LogP contribution is -2.17. The zero-order valence-electron chi connectivity index (χ0n) is 11.8. The molecule has 0 bridgehead atoms. The molecule has 114 valence electrons. The van der Waals surface area contributed by atoms with Gasteiger partial charge in [0.15, 0.2) is 6.61 Å². The lowest BCUT2D eigenvalue weighted by atomic mass is 10.2. The van der Waals surface area contributed by atoms with Crippen LogP contribution in [0.5, 0.6) is 0 Å². The fourth-order valence-electron chi connectivity index (χ4n) is 1.72.